The summed E-state index contributed by atoms with van der Waals surface area (Å²) in [7, 11) is -3.24. The van der Waals surface area contributed by atoms with E-state index in [2.05, 4.69) is 6.92 Å². The van der Waals surface area contributed by atoms with E-state index < -0.39 is 10.1 Å². The molecule has 0 N–H and O–H groups in total. The molecule has 0 amide bonds. The molecule has 0 aromatic heterocycles. The lowest BCUT2D eigenvalue weighted by Gasteiger charge is -2.08. The van der Waals surface area contributed by atoms with Crippen molar-refractivity contribution in [2.45, 2.75) is 38.7 Å². The molecule has 0 radical (unpaired) electrons. The van der Waals surface area contributed by atoms with E-state index in [1.807, 2.05) is 0 Å². The number of hydrogen-bond acceptors (Lipinski definition) is 3. The highest BCUT2D eigenvalue weighted by Crippen LogP contribution is 2.30. The van der Waals surface area contributed by atoms with Gasteiger partial charge in [-0.15, -0.1) is 0 Å². The van der Waals surface area contributed by atoms with Crippen LogP contribution in [0, 0.1) is 5.92 Å². The van der Waals surface area contributed by atoms with Gasteiger partial charge in [-0.3, -0.25) is 4.18 Å². The van der Waals surface area contributed by atoms with E-state index in [1.165, 1.54) is 0 Å². The molecule has 1 saturated carbocycles. The first kappa shape index (κ1) is 9.99. The second-order valence-electron chi connectivity index (χ2n) is 3.51. The molecule has 0 spiro atoms. The highest BCUT2D eigenvalue weighted by molar-refractivity contribution is 7.86. The average molecular weight is 192 g/mol. The van der Waals surface area contributed by atoms with Crippen molar-refractivity contribution in [2.75, 3.05) is 6.26 Å². The van der Waals surface area contributed by atoms with Crippen molar-refractivity contribution in [1.29, 1.82) is 0 Å². The van der Waals surface area contributed by atoms with Gasteiger partial charge in [0.15, 0.2) is 0 Å². The van der Waals surface area contributed by atoms with Crippen molar-refractivity contribution >= 4 is 10.1 Å². The van der Waals surface area contributed by atoms with Gasteiger partial charge in [0.25, 0.3) is 10.1 Å². The quantitative estimate of drug-likeness (QED) is 0.637. The number of hydrogen-bond donors (Lipinski definition) is 0. The lowest BCUT2D eigenvalue weighted by Crippen LogP contribution is -2.14. The van der Waals surface area contributed by atoms with Crippen LogP contribution >= 0.6 is 0 Å². The summed E-state index contributed by atoms with van der Waals surface area (Å²) in [6.07, 6.45) is 5.10. The second kappa shape index (κ2) is 3.75. The van der Waals surface area contributed by atoms with Crippen LogP contribution in [0.3, 0.4) is 0 Å². The Labute approximate surface area is 74.2 Å². The maximum atomic E-state index is 10.8. The molecule has 2 atom stereocenters. The molecule has 1 fully saturated rings. The third-order valence-electron chi connectivity index (χ3n) is 2.38. The molecule has 0 bridgehead atoms. The van der Waals surface area contributed by atoms with E-state index >= 15 is 0 Å². The van der Waals surface area contributed by atoms with Gasteiger partial charge in [0, 0.05) is 0 Å². The largest absolute Gasteiger partial charge is 0.267 e. The monoisotopic (exact) mass is 192 g/mol. The maximum absolute atomic E-state index is 10.8. The van der Waals surface area contributed by atoms with Gasteiger partial charge >= 0.3 is 0 Å². The van der Waals surface area contributed by atoms with Gasteiger partial charge < -0.3 is 0 Å². The van der Waals surface area contributed by atoms with Crippen LogP contribution in [0.2, 0.25) is 0 Å². The molecular formula is C8H16O3S. The molecule has 0 aromatic carbocycles. The van der Waals surface area contributed by atoms with Gasteiger partial charge in [0.1, 0.15) is 0 Å². The van der Waals surface area contributed by atoms with Gasteiger partial charge in [-0.2, -0.15) is 8.42 Å². The van der Waals surface area contributed by atoms with Crippen molar-refractivity contribution in [3.05, 3.63) is 0 Å². The molecule has 0 saturated heterocycles. The summed E-state index contributed by atoms with van der Waals surface area (Å²) in [6.45, 7) is 2.13. The summed E-state index contributed by atoms with van der Waals surface area (Å²) in [6, 6.07) is 0. The van der Waals surface area contributed by atoms with Crippen LogP contribution in [0.15, 0.2) is 0 Å². The molecule has 3 nitrogen and oxygen atoms in total. The van der Waals surface area contributed by atoms with E-state index in [1.54, 1.807) is 0 Å². The highest BCUT2D eigenvalue weighted by atomic mass is 32.2. The molecule has 1 aliphatic carbocycles. The first-order valence-corrected chi connectivity index (χ1v) is 6.21. The van der Waals surface area contributed by atoms with Crippen LogP contribution in [0.1, 0.15) is 32.6 Å². The lowest BCUT2D eigenvalue weighted by molar-refractivity contribution is 0.213. The third-order valence-corrected chi connectivity index (χ3v) is 3.00. The first-order chi connectivity index (χ1) is 5.51. The Morgan fingerprint density at radius 2 is 2.08 bits per heavy atom. The number of rotatable bonds is 3. The van der Waals surface area contributed by atoms with Crippen LogP contribution in [0.4, 0.5) is 0 Å². The van der Waals surface area contributed by atoms with Gasteiger partial charge in [-0.1, -0.05) is 13.3 Å². The smallest absolute Gasteiger partial charge is 0.264 e. The van der Waals surface area contributed by atoms with Gasteiger partial charge in [-0.05, 0) is 25.2 Å². The molecule has 0 aromatic rings. The molecule has 1 aliphatic rings. The van der Waals surface area contributed by atoms with Crippen molar-refractivity contribution in [1.82, 2.24) is 0 Å². The van der Waals surface area contributed by atoms with Crippen LogP contribution in [0.25, 0.3) is 0 Å². The zero-order valence-corrected chi connectivity index (χ0v) is 8.43. The molecule has 0 heterocycles. The van der Waals surface area contributed by atoms with Crippen molar-refractivity contribution in [2.24, 2.45) is 5.92 Å². The van der Waals surface area contributed by atoms with Crippen LogP contribution < -0.4 is 0 Å². The van der Waals surface area contributed by atoms with Gasteiger partial charge in [0.05, 0.1) is 12.4 Å². The van der Waals surface area contributed by atoms with E-state index in [9.17, 15) is 8.42 Å². The SMILES string of the molecule is CCC1CCC(OS(C)(=O)=O)C1. The predicted molar refractivity (Wildman–Crippen MR) is 47.3 cm³/mol. The standard InChI is InChI=1S/C8H16O3S/c1-3-7-4-5-8(6-7)11-12(2,9)10/h7-8H,3-6H2,1-2H3. The Morgan fingerprint density at radius 3 is 2.50 bits per heavy atom. The summed E-state index contributed by atoms with van der Waals surface area (Å²) in [5.41, 5.74) is 0. The minimum absolute atomic E-state index is 0.0510. The summed E-state index contributed by atoms with van der Waals surface area (Å²) < 4.78 is 26.4. The van der Waals surface area contributed by atoms with Crippen molar-refractivity contribution in [3.63, 3.8) is 0 Å². The maximum Gasteiger partial charge on any atom is 0.264 e. The summed E-state index contributed by atoms with van der Waals surface area (Å²) in [4.78, 5) is 0. The summed E-state index contributed by atoms with van der Waals surface area (Å²) in [5, 5.41) is 0. The minimum atomic E-state index is -3.24. The molecule has 1 rings (SSSR count). The Balaban J connectivity index is 2.38. The fraction of sp³-hybridized carbons (Fsp3) is 1.00. The predicted octanol–water partition coefficient (Wildman–Crippen LogP) is 1.54. The lowest BCUT2D eigenvalue weighted by atomic mass is 10.1. The van der Waals surface area contributed by atoms with E-state index in [0.717, 1.165) is 31.9 Å². The third kappa shape index (κ3) is 3.11. The zero-order valence-electron chi connectivity index (χ0n) is 7.62. The fourth-order valence-electron chi connectivity index (χ4n) is 1.73. The zero-order chi connectivity index (χ0) is 9.19. The molecule has 2 unspecified atom stereocenters. The Kier molecular flexibility index (Phi) is 3.12. The van der Waals surface area contributed by atoms with Crippen molar-refractivity contribution in [3.8, 4) is 0 Å². The Hall–Kier alpha value is -0.0900. The van der Waals surface area contributed by atoms with Gasteiger partial charge in [-0.25, -0.2) is 0 Å². The minimum Gasteiger partial charge on any atom is -0.267 e. The topological polar surface area (TPSA) is 43.4 Å². The molecule has 0 aliphatic heterocycles. The molecule has 12 heavy (non-hydrogen) atoms. The molecule has 4 heteroatoms. The van der Waals surface area contributed by atoms with E-state index in [0.29, 0.717) is 5.92 Å². The Morgan fingerprint density at radius 1 is 1.42 bits per heavy atom. The van der Waals surface area contributed by atoms with Crippen molar-refractivity contribution < 1.29 is 12.6 Å². The Bertz CT molecular complexity index is 233. The van der Waals surface area contributed by atoms with Crippen LogP contribution in [0.5, 0.6) is 0 Å². The van der Waals surface area contributed by atoms with Crippen LogP contribution in [-0.4, -0.2) is 20.8 Å². The van der Waals surface area contributed by atoms with E-state index in [4.69, 9.17) is 4.18 Å². The fourth-order valence-corrected chi connectivity index (χ4v) is 2.40. The van der Waals surface area contributed by atoms with Gasteiger partial charge in [0.2, 0.25) is 0 Å². The molecule has 72 valence electrons. The summed E-state index contributed by atoms with van der Waals surface area (Å²) in [5.74, 6) is 0.664. The normalized spacial score (nSPS) is 30.8. The molecular weight excluding hydrogens is 176 g/mol. The van der Waals surface area contributed by atoms with Crippen LogP contribution in [-0.2, 0) is 14.3 Å². The highest BCUT2D eigenvalue weighted by Gasteiger charge is 2.26. The van der Waals surface area contributed by atoms with E-state index in [-0.39, 0.29) is 6.10 Å². The summed E-state index contributed by atoms with van der Waals surface area (Å²) >= 11 is 0. The average Bonchev–Trinajstić information content (AvgIpc) is 2.32. The first-order valence-electron chi connectivity index (χ1n) is 4.39. The second-order valence-corrected chi connectivity index (χ2v) is 5.11.